The van der Waals surface area contributed by atoms with Crippen molar-refractivity contribution in [3.8, 4) is 0 Å². The fourth-order valence-corrected chi connectivity index (χ4v) is 1.27. The van der Waals surface area contributed by atoms with Crippen molar-refractivity contribution in [3.63, 3.8) is 0 Å². The Morgan fingerprint density at radius 3 is 2.33 bits per heavy atom. The van der Waals surface area contributed by atoms with E-state index >= 15 is 0 Å². The van der Waals surface area contributed by atoms with Gasteiger partial charge in [0, 0.05) is 18.1 Å². The van der Waals surface area contributed by atoms with Gasteiger partial charge in [-0.3, -0.25) is 0 Å². The topological polar surface area (TPSA) is 38.0 Å². The van der Waals surface area contributed by atoms with E-state index in [0.717, 1.165) is 12.8 Å². The van der Waals surface area contributed by atoms with Crippen molar-refractivity contribution < 1.29 is 0 Å². The lowest BCUT2D eigenvalue weighted by molar-refractivity contribution is 0.276. The molecule has 0 spiro atoms. The van der Waals surface area contributed by atoms with Crippen LogP contribution < -0.4 is 11.1 Å². The molecule has 54 valence electrons. The molecule has 2 heteroatoms. The van der Waals surface area contributed by atoms with E-state index < -0.39 is 0 Å². The van der Waals surface area contributed by atoms with Gasteiger partial charge in [0.15, 0.2) is 0 Å². The average molecular weight is 128 g/mol. The maximum absolute atomic E-state index is 5.60. The molecule has 0 aromatic heterocycles. The zero-order chi connectivity index (χ0) is 6.85. The van der Waals surface area contributed by atoms with E-state index in [1.165, 1.54) is 0 Å². The van der Waals surface area contributed by atoms with Crippen molar-refractivity contribution >= 4 is 0 Å². The summed E-state index contributed by atoms with van der Waals surface area (Å²) in [6, 6.07) is 1.80. The molecule has 0 saturated heterocycles. The molecule has 1 saturated carbocycles. The molecule has 2 nitrogen and oxygen atoms in total. The lowest BCUT2D eigenvalue weighted by Crippen LogP contribution is -2.50. The highest BCUT2D eigenvalue weighted by molar-refractivity contribution is 4.88. The second-order valence-electron chi connectivity index (χ2n) is 3.25. The number of hydrogen-bond acceptors (Lipinski definition) is 2. The SMILES string of the molecule is CC(C)NC1CC(N)C1. The van der Waals surface area contributed by atoms with Gasteiger partial charge < -0.3 is 11.1 Å². The largest absolute Gasteiger partial charge is 0.328 e. The second-order valence-corrected chi connectivity index (χ2v) is 3.25. The molecule has 0 aromatic carbocycles. The Labute approximate surface area is 56.8 Å². The van der Waals surface area contributed by atoms with Gasteiger partial charge >= 0.3 is 0 Å². The Morgan fingerprint density at radius 1 is 1.44 bits per heavy atom. The maximum atomic E-state index is 5.60. The summed E-state index contributed by atoms with van der Waals surface area (Å²) < 4.78 is 0. The Balaban J connectivity index is 2.04. The van der Waals surface area contributed by atoms with Crippen molar-refractivity contribution in [1.29, 1.82) is 0 Å². The Bertz CT molecular complexity index is 84.9. The second kappa shape index (κ2) is 2.67. The number of nitrogens with two attached hydrogens (primary N) is 1. The highest BCUT2D eigenvalue weighted by Crippen LogP contribution is 2.17. The van der Waals surface area contributed by atoms with Crippen LogP contribution in [0.25, 0.3) is 0 Å². The van der Waals surface area contributed by atoms with Gasteiger partial charge in [0.1, 0.15) is 0 Å². The molecule has 0 atom stereocenters. The van der Waals surface area contributed by atoms with E-state index in [0.29, 0.717) is 18.1 Å². The third-order valence-electron chi connectivity index (χ3n) is 1.74. The summed E-state index contributed by atoms with van der Waals surface area (Å²) in [6.45, 7) is 4.34. The van der Waals surface area contributed by atoms with E-state index in [9.17, 15) is 0 Å². The highest BCUT2D eigenvalue weighted by atomic mass is 15.0. The van der Waals surface area contributed by atoms with E-state index in [-0.39, 0.29) is 0 Å². The van der Waals surface area contributed by atoms with E-state index in [4.69, 9.17) is 5.73 Å². The minimum absolute atomic E-state index is 0.473. The van der Waals surface area contributed by atoms with Crippen LogP contribution in [0.3, 0.4) is 0 Å². The average Bonchev–Trinajstić information content (AvgIpc) is 1.60. The summed E-state index contributed by atoms with van der Waals surface area (Å²) in [7, 11) is 0. The molecule has 1 fully saturated rings. The van der Waals surface area contributed by atoms with Crippen LogP contribution >= 0.6 is 0 Å². The van der Waals surface area contributed by atoms with Gasteiger partial charge in [-0.25, -0.2) is 0 Å². The summed E-state index contributed by atoms with van der Waals surface area (Å²) in [5, 5.41) is 3.43. The molecule has 0 unspecified atom stereocenters. The van der Waals surface area contributed by atoms with E-state index in [1.54, 1.807) is 0 Å². The fraction of sp³-hybridized carbons (Fsp3) is 1.00. The molecule has 9 heavy (non-hydrogen) atoms. The van der Waals surface area contributed by atoms with Gasteiger partial charge in [0.25, 0.3) is 0 Å². The molecule has 0 bridgehead atoms. The molecule has 1 aliphatic rings. The molecular weight excluding hydrogens is 112 g/mol. The molecular formula is C7H16N2. The molecule has 0 radical (unpaired) electrons. The Morgan fingerprint density at radius 2 is 2.00 bits per heavy atom. The predicted molar refractivity (Wildman–Crippen MR) is 39.3 cm³/mol. The zero-order valence-corrected chi connectivity index (χ0v) is 6.22. The van der Waals surface area contributed by atoms with Gasteiger partial charge in [-0.2, -0.15) is 0 Å². The Kier molecular flexibility index (Phi) is 2.09. The summed E-state index contributed by atoms with van der Waals surface area (Å²) in [5.74, 6) is 0. The molecule has 3 N–H and O–H groups in total. The first kappa shape index (κ1) is 7.03. The summed E-state index contributed by atoms with van der Waals surface area (Å²) in [6.07, 6.45) is 2.33. The van der Waals surface area contributed by atoms with Crippen molar-refractivity contribution in [1.82, 2.24) is 5.32 Å². The summed E-state index contributed by atoms with van der Waals surface area (Å²) >= 11 is 0. The zero-order valence-electron chi connectivity index (χ0n) is 6.22. The van der Waals surface area contributed by atoms with Crippen LogP contribution in [0, 0.1) is 0 Å². The van der Waals surface area contributed by atoms with E-state index in [2.05, 4.69) is 19.2 Å². The molecule has 1 aliphatic carbocycles. The first-order chi connectivity index (χ1) is 4.18. The molecule has 0 heterocycles. The molecule has 0 aliphatic heterocycles. The molecule has 0 amide bonds. The van der Waals surface area contributed by atoms with E-state index in [1.807, 2.05) is 0 Å². The van der Waals surface area contributed by atoms with Crippen LogP contribution in [0.4, 0.5) is 0 Å². The quantitative estimate of drug-likeness (QED) is 0.567. The predicted octanol–water partition coefficient (Wildman–Crippen LogP) is 0.474. The Hall–Kier alpha value is -0.0800. The summed E-state index contributed by atoms with van der Waals surface area (Å²) in [4.78, 5) is 0. The summed E-state index contributed by atoms with van der Waals surface area (Å²) in [5.41, 5.74) is 5.60. The van der Waals surface area contributed by atoms with Crippen molar-refractivity contribution in [3.05, 3.63) is 0 Å². The smallest absolute Gasteiger partial charge is 0.00988 e. The van der Waals surface area contributed by atoms with Crippen molar-refractivity contribution in [2.24, 2.45) is 5.73 Å². The third-order valence-corrected chi connectivity index (χ3v) is 1.74. The normalized spacial score (nSPS) is 34.7. The first-order valence-corrected chi connectivity index (χ1v) is 3.70. The standard InChI is InChI=1S/C7H16N2/c1-5(2)9-7-3-6(8)4-7/h5-7,9H,3-4,8H2,1-2H3. The minimum Gasteiger partial charge on any atom is -0.328 e. The van der Waals surface area contributed by atoms with Gasteiger partial charge in [0.2, 0.25) is 0 Å². The lowest BCUT2D eigenvalue weighted by atomic mass is 9.87. The van der Waals surface area contributed by atoms with Gasteiger partial charge in [-0.1, -0.05) is 13.8 Å². The lowest BCUT2D eigenvalue weighted by Gasteiger charge is -2.34. The van der Waals surface area contributed by atoms with Crippen LogP contribution in [-0.4, -0.2) is 18.1 Å². The van der Waals surface area contributed by atoms with Crippen LogP contribution in [0.1, 0.15) is 26.7 Å². The maximum Gasteiger partial charge on any atom is 0.00988 e. The van der Waals surface area contributed by atoms with Crippen LogP contribution in [0.2, 0.25) is 0 Å². The van der Waals surface area contributed by atoms with Crippen LogP contribution in [0.5, 0.6) is 0 Å². The fourth-order valence-electron chi connectivity index (χ4n) is 1.27. The van der Waals surface area contributed by atoms with Gasteiger partial charge in [-0.05, 0) is 12.8 Å². The number of hydrogen-bond donors (Lipinski definition) is 2. The highest BCUT2D eigenvalue weighted by Gasteiger charge is 2.25. The molecule has 1 rings (SSSR count). The number of nitrogens with one attached hydrogen (secondary N) is 1. The molecule has 0 aromatic rings. The minimum atomic E-state index is 0.473. The van der Waals surface area contributed by atoms with Crippen molar-refractivity contribution in [2.75, 3.05) is 0 Å². The first-order valence-electron chi connectivity index (χ1n) is 3.70. The van der Waals surface area contributed by atoms with Gasteiger partial charge in [0.05, 0.1) is 0 Å². The van der Waals surface area contributed by atoms with Crippen LogP contribution in [-0.2, 0) is 0 Å². The third kappa shape index (κ3) is 1.95. The monoisotopic (exact) mass is 128 g/mol. The van der Waals surface area contributed by atoms with Crippen LogP contribution in [0.15, 0.2) is 0 Å². The number of rotatable bonds is 2. The van der Waals surface area contributed by atoms with Gasteiger partial charge in [-0.15, -0.1) is 0 Å². The van der Waals surface area contributed by atoms with Crippen molar-refractivity contribution in [2.45, 2.75) is 44.8 Å².